The summed E-state index contributed by atoms with van der Waals surface area (Å²) in [5.74, 6) is 1.56. The van der Waals surface area contributed by atoms with E-state index in [0.29, 0.717) is 11.4 Å². The highest BCUT2D eigenvalue weighted by Gasteiger charge is 2.10. The van der Waals surface area contributed by atoms with E-state index in [4.69, 9.17) is 4.74 Å². The Morgan fingerprint density at radius 3 is 2.50 bits per heavy atom. The molecular formula is C17H19NO2. The second-order valence-electron chi connectivity index (χ2n) is 5.33. The van der Waals surface area contributed by atoms with Crippen molar-refractivity contribution in [3.63, 3.8) is 0 Å². The number of aromatic nitrogens is 1. The van der Waals surface area contributed by atoms with E-state index in [9.17, 15) is 5.11 Å². The minimum Gasteiger partial charge on any atom is -0.456 e. The molecular weight excluding hydrogens is 250 g/mol. The summed E-state index contributed by atoms with van der Waals surface area (Å²) in [7, 11) is 0. The number of hydrogen-bond acceptors (Lipinski definition) is 3. The number of aryl methyl sites for hydroxylation is 2. The Hall–Kier alpha value is -1.87. The average Bonchev–Trinajstić information content (AvgIpc) is 2.48. The van der Waals surface area contributed by atoms with Crippen LogP contribution in [0.15, 0.2) is 36.5 Å². The van der Waals surface area contributed by atoms with Gasteiger partial charge in [0.05, 0.1) is 18.0 Å². The number of hydrogen-bond donors (Lipinski definition) is 1. The van der Waals surface area contributed by atoms with E-state index in [1.54, 1.807) is 19.2 Å². The fraction of sp³-hybridized carbons (Fsp3) is 0.353. The molecule has 0 spiro atoms. The first kappa shape index (κ1) is 13.1. The van der Waals surface area contributed by atoms with Crippen molar-refractivity contribution in [1.29, 1.82) is 0 Å². The summed E-state index contributed by atoms with van der Waals surface area (Å²) in [5.41, 5.74) is 3.51. The van der Waals surface area contributed by atoms with Gasteiger partial charge in [-0.15, -0.1) is 0 Å². The Morgan fingerprint density at radius 2 is 1.80 bits per heavy atom. The average molecular weight is 269 g/mol. The van der Waals surface area contributed by atoms with Crippen molar-refractivity contribution in [2.45, 2.75) is 38.7 Å². The molecule has 1 aromatic heterocycles. The Kier molecular flexibility index (Phi) is 3.70. The van der Waals surface area contributed by atoms with E-state index in [-0.39, 0.29) is 0 Å². The fourth-order valence-corrected chi connectivity index (χ4v) is 2.61. The van der Waals surface area contributed by atoms with Gasteiger partial charge in [0, 0.05) is 0 Å². The van der Waals surface area contributed by atoms with Crippen LogP contribution in [0, 0.1) is 0 Å². The van der Waals surface area contributed by atoms with Gasteiger partial charge >= 0.3 is 0 Å². The number of nitrogens with zero attached hydrogens (tertiary/aromatic N) is 1. The van der Waals surface area contributed by atoms with Gasteiger partial charge in [-0.2, -0.15) is 0 Å². The van der Waals surface area contributed by atoms with Crippen molar-refractivity contribution in [3.05, 3.63) is 53.3 Å². The molecule has 1 atom stereocenters. The largest absolute Gasteiger partial charge is 0.456 e. The van der Waals surface area contributed by atoms with E-state index >= 15 is 0 Å². The molecule has 20 heavy (non-hydrogen) atoms. The number of rotatable bonds is 3. The molecule has 0 saturated carbocycles. The summed E-state index contributed by atoms with van der Waals surface area (Å²) < 4.78 is 5.84. The summed E-state index contributed by atoms with van der Waals surface area (Å²) >= 11 is 0. The molecule has 0 bridgehead atoms. The highest BCUT2D eigenvalue weighted by atomic mass is 16.5. The van der Waals surface area contributed by atoms with Gasteiger partial charge in [0.2, 0.25) is 0 Å². The number of aliphatic hydroxyl groups excluding tert-OH is 1. The number of ether oxygens (including phenoxy) is 1. The molecule has 0 radical (unpaired) electrons. The molecule has 2 aromatic rings. The zero-order chi connectivity index (χ0) is 13.9. The summed E-state index contributed by atoms with van der Waals surface area (Å²) in [4.78, 5) is 4.19. The number of fused-ring (bicyclic) bond motifs is 1. The highest BCUT2D eigenvalue weighted by Crippen LogP contribution is 2.28. The Morgan fingerprint density at radius 1 is 1.05 bits per heavy atom. The molecule has 3 rings (SSSR count). The minimum atomic E-state index is -0.548. The standard InChI is InChI=1S/C17H19NO2/c1-12(19)17-9-8-16(11-18-17)20-15-7-6-13-4-2-3-5-14(13)10-15/h6-12,19H,2-5H2,1H3/t12-/m1/s1. The summed E-state index contributed by atoms with van der Waals surface area (Å²) in [5, 5.41) is 9.43. The lowest BCUT2D eigenvalue weighted by Gasteiger charge is -2.16. The van der Waals surface area contributed by atoms with Crippen molar-refractivity contribution in [1.82, 2.24) is 4.98 Å². The highest BCUT2D eigenvalue weighted by molar-refractivity contribution is 5.39. The van der Waals surface area contributed by atoms with E-state index < -0.39 is 6.10 Å². The van der Waals surface area contributed by atoms with Crippen molar-refractivity contribution in [2.75, 3.05) is 0 Å². The predicted molar refractivity (Wildman–Crippen MR) is 78.0 cm³/mol. The van der Waals surface area contributed by atoms with Gasteiger partial charge in [0.15, 0.2) is 0 Å². The third-order valence-corrected chi connectivity index (χ3v) is 3.74. The third kappa shape index (κ3) is 2.83. The van der Waals surface area contributed by atoms with Gasteiger partial charge in [-0.1, -0.05) is 6.07 Å². The van der Waals surface area contributed by atoms with Crippen molar-refractivity contribution >= 4 is 0 Å². The van der Waals surface area contributed by atoms with Crippen molar-refractivity contribution in [3.8, 4) is 11.5 Å². The van der Waals surface area contributed by atoms with Crippen molar-refractivity contribution < 1.29 is 9.84 Å². The van der Waals surface area contributed by atoms with Crippen LogP contribution in [0.2, 0.25) is 0 Å². The lowest BCUT2D eigenvalue weighted by molar-refractivity contribution is 0.194. The van der Waals surface area contributed by atoms with E-state index in [1.807, 2.05) is 12.1 Å². The van der Waals surface area contributed by atoms with Crippen LogP contribution in [0.1, 0.15) is 42.7 Å². The van der Waals surface area contributed by atoms with Gasteiger partial charge in [-0.25, -0.2) is 0 Å². The lowest BCUT2D eigenvalue weighted by atomic mass is 9.92. The van der Waals surface area contributed by atoms with Gasteiger partial charge in [0.1, 0.15) is 11.5 Å². The van der Waals surface area contributed by atoms with Crippen LogP contribution in [0.5, 0.6) is 11.5 Å². The molecule has 0 fully saturated rings. The predicted octanol–water partition coefficient (Wildman–Crippen LogP) is 3.81. The molecule has 1 heterocycles. The van der Waals surface area contributed by atoms with E-state index in [2.05, 4.69) is 17.1 Å². The molecule has 104 valence electrons. The van der Waals surface area contributed by atoms with Crippen LogP contribution in [0.4, 0.5) is 0 Å². The first-order chi connectivity index (χ1) is 9.72. The Labute approximate surface area is 119 Å². The minimum absolute atomic E-state index is 0.548. The third-order valence-electron chi connectivity index (χ3n) is 3.74. The monoisotopic (exact) mass is 269 g/mol. The lowest BCUT2D eigenvalue weighted by Crippen LogP contribution is -2.02. The molecule has 3 nitrogen and oxygen atoms in total. The maximum atomic E-state index is 9.43. The van der Waals surface area contributed by atoms with E-state index in [0.717, 1.165) is 12.2 Å². The van der Waals surface area contributed by atoms with Crippen LogP contribution in [-0.2, 0) is 12.8 Å². The number of benzene rings is 1. The zero-order valence-electron chi connectivity index (χ0n) is 11.7. The van der Waals surface area contributed by atoms with Crippen LogP contribution in [0.25, 0.3) is 0 Å². The fourth-order valence-electron chi connectivity index (χ4n) is 2.61. The normalized spacial score (nSPS) is 15.5. The molecule has 0 amide bonds. The second kappa shape index (κ2) is 5.63. The summed E-state index contributed by atoms with van der Waals surface area (Å²) in [6, 6.07) is 9.96. The molecule has 0 saturated heterocycles. The summed E-state index contributed by atoms with van der Waals surface area (Å²) in [6.07, 6.45) is 5.99. The van der Waals surface area contributed by atoms with Crippen LogP contribution >= 0.6 is 0 Å². The molecule has 3 heteroatoms. The van der Waals surface area contributed by atoms with Crippen LogP contribution in [0.3, 0.4) is 0 Å². The Balaban J connectivity index is 1.77. The smallest absolute Gasteiger partial charge is 0.145 e. The Bertz CT molecular complexity index is 590. The zero-order valence-corrected chi connectivity index (χ0v) is 11.7. The van der Waals surface area contributed by atoms with Gasteiger partial charge < -0.3 is 9.84 Å². The van der Waals surface area contributed by atoms with Crippen molar-refractivity contribution in [2.24, 2.45) is 0 Å². The summed E-state index contributed by atoms with van der Waals surface area (Å²) in [6.45, 7) is 1.70. The SMILES string of the molecule is C[C@@H](O)c1ccc(Oc2ccc3c(c2)CCCC3)cn1. The molecule has 1 aliphatic carbocycles. The molecule has 0 unspecified atom stereocenters. The maximum absolute atomic E-state index is 9.43. The first-order valence-electron chi connectivity index (χ1n) is 7.16. The van der Waals surface area contributed by atoms with Gasteiger partial charge in [-0.3, -0.25) is 4.98 Å². The number of aliphatic hydroxyl groups is 1. The topological polar surface area (TPSA) is 42.4 Å². The van der Waals surface area contributed by atoms with Crippen LogP contribution in [-0.4, -0.2) is 10.1 Å². The molecule has 1 aliphatic rings. The molecule has 1 N–H and O–H groups in total. The van der Waals surface area contributed by atoms with E-state index in [1.165, 1.54) is 30.4 Å². The number of pyridine rings is 1. The first-order valence-corrected chi connectivity index (χ1v) is 7.16. The second-order valence-corrected chi connectivity index (χ2v) is 5.33. The maximum Gasteiger partial charge on any atom is 0.145 e. The molecule has 1 aromatic carbocycles. The quantitative estimate of drug-likeness (QED) is 0.921. The van der Waals surface area contributed by atoms with Gasteiger partial charge in [-0.05, 0) is 68.0 Å². The van der Waals surface area contributed by atoms with Gasteiger partial charge in [0.25, 0.3) is 0 Å². The molecule has 0 aliphatic heterocycles. The van der Waals surface area contributed by atoms with Crippen LogP contribution < -0.4 is 4.74 Å².